The predicted molar refractivity (Wildman–Crippen MR) is 122 cm³/mol. The third kappa shape index (κ3) is 3.95. The Morgan fingerprint density at radius 3 is 2.18 bits per heavy atom. The Hall–Kier alpha value is -3.72. The summed E-state index contributed by atoms with van der Waals surface area (Å²) < 4.78 is 12.6. The highest BCUT2D eigenvalue weighted by atomic mass is 16.6. The molecule has 9 nitrogen and oxygen atoms in total. The van der Waals surface area contributed by atoms with Crippen LogP contribution in [0.25, 0.3) is 0 Å². The molecule has 0 radical (unpaired) electrons. The number of aromatic nitrogens is 2. The fourth-order valence-electron chi connectivity index (χ4n) is 4.68. The van der Waals surface area contributed by atoms with E-state index in [0.717, 1.165) is 11.1 Å². The predicted octanol–water partition coefficient (Wildman–Crippen LogP) is 4.01. The lowest BCUT2D eigenvalue weighted by atomic mass is 9.84. The van der Waals surface area contributed by atoms with E-state index in [2.05, 4.69) is 10.4 Å². The number of carbonyl (C=O) groups excluding carboxylic acids is 1. The molecule has 0 bridgehead atoms. The summed E-state index contributed by atoms with van der Waals surface area (Å²) in [5.41, 5.74) is 2.18. The van der Waals surface area contributed by atoms with Gasteiger partial charge in [0.15, 0.2) is 5.78 Å². The number of hydrogen-bond acceptors (Lipinski definition) is 7. The molecule has 33 heavy (non-hydrogen) atoms. The number of rotatable bonds is 6. The Morgan fingerprint density at radius 2 is 1.61 bits per heavy atom. The van der Waals surface area contributed by atoms with Gasteiger partial charge < -0.3 is 14.8 Å². The summed E-state index contributed by atoms with van der Waals surface area (Å²) in [5, 5.41) is 19.6. The van der Waals surface area contributed by atoms with Crippen LogP contribution in [0.4, 0.5) is 5.69 Å². The van der Waals surface area contributed by atoms with Crippen LogP contribution in [0.2, 0.25) is 0 Å². The topological polar surface area (TPSA) is 109 Å². The summed E-state index contributed by atoms with van der Waals surface area (Å²) in [6.07, 6.45) is 0.183. The normalized spacial score (nSPS) is 20.5. The van der Waals surface area contributed by atoms with Crippen LogP contribution in [0.15, 0.2) is 48.5 Å². The van der Waals surface area contributed by atoms with E-state index in [4.69, 9.17) is 9.47 Å². The Kier molecular flexibility index (Phi) is 6.15. The molecule has 1 fully saturated rings. The molecule has 172 valence electrons. The van der Waals surface area contributed by atoms with E-state index in [9.17, 15) is 14.9 Å². The third-order valence-electron chi connectivity index (χ3n) is 6.15. The Bertz CT molecular complexity index is 1210. The average Bonchev–Trinajstić information content (AvgIpc) is 3.11. The van der Waals surface area contributed by atoms with Crippen LogP contribution >= 0.6 is 0 Å². The van der Waals surface area contributed by atoms with Gasteiger partial charge in [0.1, 0.15) is 28.9 Å². The van der Waals surface area contributed by atoms with E-state index in [1.54, 1.807) is 28.1 Å². The molecule has 4 rings (SSSR count). The second-order valence-electron chi connectivity index (χ2n) is 8.02. The van der Waals surface area contributed by atoms with Gasteiger partial charge in [-0.25, -0.2) is 4.68 Å². The van der Waals surface area contributed by atoms with Crippen LogP contribution in [-0.2, 0) is 4.79 Å². The van der Waals surface area contributed by atoms with Crippen LogP contribution in [0.1, 0.15) is 47.1 Å². The van der Waals surface area contributed by atoms with Crippen LogP contribution in [0, 0.1) is 24.0 Å². The minimum Gasteiger partial charge on any atom is -0.496 e. The van der Waals surface area contributed by atoms with E-state index in [-0.39, 0.29) is 29.6 Å². The van der Waals surface area contributed by atoms with E-state index in [0.29, 0.717) is 17.2 Å². The van der Waals surface area contributed by atoms with Crippen LogP contribution < -0.4 is 14.8 Å². The smallest absolute Gasteiger partial charge is 0.312 e. The number of methoxy groups -OCH3 is 2. The quantitative estimate of drug-likeness (QED) is 0.446. The number of aryl methyl sites for hydroxylation is 1. The monoisotopic (exact) mass is 450 g/mol. The maximum absolute atomic E-state index is 13.7. The maximum Gasteiger partial charge on any atom is 0.312 e. The molecule has 0 saturated carbocycles. The summed E-state index contributed by atoms with van der Waals surface area (Å²) in [5.74, 6) is 1.22. The van der Waals surface area contributed by atoms with Gasteiger partial charge in [-0.3, -0.25) is 14.9 Å². The second kappa shape index (κ2) is 9.03. The molecule has 2 aromatic carbocycles. The third-order valence-corrected chi connectivity index (χ3v) is 6.15. The van der Waals surface area contributed by atoms with E-state index in [1.165, 1.54) is 4.68 Å². The fraction of sp³-hybridized carbons (Fsp3) is 0.333. The summed E-state index contributed by atoms with van der Waals surface area (Å²) in [6, 6.07) is 13.4. The van der Waals surface area contributed by atoms with Gasteiger partial charge in [0, 0.05) is 23.6 Å². The molecule has 3 atom stereocenters. The van der Waals surface area contributed by atoms with Crippen molar-refractivity contribution in [2.24, 2.45) is 0 Å². The number of Topliss-reactive ketones (excluding diaryl/α,β-unsaturated/α-hetero) is 1. The lowest BCUT2D eigenvalue weighted by molar-refractivity contribution is -0.386. The summed E-state index contributed by atoms with van der Waals surface area (Å²) in [4.78, 5) is 24.8. The number of carbonyl (C=O) groups is 1. The number of nitro groups is 1. The van der Waals surface area contributed by atoms with Crippen molar-refractivity contribution in [3.05, 3.63) is 81.2 Å². The highest BCUT2D eigenvalue weighted by molar-refractivity contribution is 5.86. The molecule has 0 amide bonds. The Balaban J connectivity index is 1.86. The maximum atomic E-state index is 13.7. The Labute approximate surface area is 191 Å². The largest absolute Gasteiger partial charge is 0.496 e. The van der Waals surface area contributed by atoms with E-state index >= 15 is 0 Å². The number of piperidine rings is 1. The van der Waals surface area contributed by atoms with Crippen molar-refractivity contribution < 1.29 is 19.2 Å². The number of hydrogen-bond donors (Lipinski definition) is 1. The number of ether oxygens (including phenoxy) is 2. The molecule has 3 aromatic rings. The molecular weight excluding hydrogens is 424 g/mol. The van der Waals surface area contributed by atoms with Crippen LogP contribution in [0.5, 0.6) is 11.5 Å². The van der Waals surface area contributed by atoms with E-state index in [1.807, 2.05) is 48.5 Å². The molecule has 0 spiro atoms. The van der Waals surface area contributed by atoms with Crippen LogP contribution in [-0.4, -0.2) is 34.7 Å². The van der Waals surface area contributed by atoms with Gasteiger partial charge in [0.05, 0.1) is 25.2 Å². The average molecular weight is 450 g/mol. The van der Waals surface area contributed by atoms with Gasteiger partial charge >= 0.3 is 5.69 Å². The SMILES string of the molecule is COc1ccccc1[C@@H]1CC(=O)[C@@H](n2nc(C)c([N+](=O)[O-])c2C)[C@@H](c2ccccc2OC)N1. The van der Waals surface area contributed by atoms with Gasteiger partial charge in [0.25, 0.3) is 0 Å². The highest BCUT2D eigenvalue weighted by Crippen LogP contribution is 2.43. The number of para-hydroxylation sites is 2. The number of nitrogens with one attached hydrogen (secondary N) is 1. The molecule has 0 aliphatic carbocycles. The Morgan fingerprint density at radius 1 is 1.03 bits per heavy atom. The fourth-order valence-corrected chi connectivity index (χ4v) is 4.68. The number of ketones is 1. The van der Waals surface area contributed by atoms with Gasteiger partial charge in [-0.05, 0) is 26.0 Å². The first-order valence-corrected chi connectivity index (χ1v) is 10.6. The van der Waals surface area contributed by atoms with Crippen molar-refractivity contribution >= 4 is 11.5 Å². The lowest BCUT2D eigenvalue weighted by Gasteiger charge is -2.38. The molecule has 1 aliphatic heterocycles. The summed E-state index contributed by atoms with van der Waals surface area (Å²) >= 11 is 0. The lowest BCUT2D eigenvalue weighted by Crippen LogP contribution is -2.44. The number of nitrogens with zero attached hydrogens (tertiary/aromatic N) is 3. The molecule has 1 saturated heterocycles. The zero-order valence-electron chi connectivity index (χ0n) is 18.9. The first-order valence-electron chi connectivity index (χ1n) is 10.6. The van der Waals surface area contributed by atoms with Crippen molar-refractivity contribution in [3.8, 4) is 11.5 Å². The molecule has 1 aliphatic rings. The minimum atomic E-state index is -0.778. The summed E-state index contributed by atoms with van der Waals surface area (Å²) in [6.45, 7) is 3.20. The van der Waals surface area contributed by atoms with Crippen molar-refractivity contribution in [2.45, 2.75) is 38.4 Å². The van der Waals surface area contributed by atoms with Crippen molar-refractivity contribution in [3.63, 3.8) is 0 Å². The first kappa shape index (κ1) is 22.5. The van der Waals surface area contributed by atoms with Crippen molar-refractivity contribution in [2.75, 3.05) is 14.2 Å². The number of benzene rings is 2. The molecule has 1 aromatic heterocycles. The summed E-state index contributed by atoms with van der Waals surface area (Å²) in [7, 11) is 3.17. The van der Waals surface area contributed by atoms with Crippen LogP contribution in [0.3, 0.4) is 0 Å². The van der Waals surface area contributed by atoms with Gasteiger partial charge in [-0.2, -0.15) is 5.10 Å². The molecule has 2 heterocycles. The molecular formula is C24H26N4O5. The molecule has 9 heteroatoms. The molecule has 0 unspecified atom stereocenters. The second-order valence-corrected chi connectivity index (χ2v) is 8.02. The van der Waals surface area contributed by atoms with Gasteiger partial charge in [0.2, 0.25) is 0 Å². The zero-order valence-corrected chi connectivity index (χ0v) is 18.9. The highest BCUT2D eigenvalue weighted by Gasteiger charge is 2.43. The minimum absolute atomic E-state index is 0.0755. The van der Waals surface area contributed by atoms with Gasteiger partial charge in [-0.15, -0.1) is 0 Å². The first-order chi connectivity index (χ1) is 15.9. The zero-order chi connectivity index (χ0) is 23.7. The van der Waals surface area contributed by atoms with E-state index < -0.39 is 17.0 Å². The van der Waals surface area contributed by atoms with Crippen molar-refractivity contribution in [1.82, 2.24) is 15.1 Å². The molecule has 1 N–H and O–H groups in total. The standard InChI is InChI=1S/C24H26N4O5/c1-14-23(28(30)31)15(2)27(26-14)24-19(29)13-18(16-9-5-7-11-20(16)32-3)25-22(24)17-10-6-8-12-21(17)33-4/h5-12,18,22,24-25H,13H2,1-4H3/t18-,22+,24+/m0/s1. The van der Waals surface area contributed by atoms with Crippen molar-refractivity contribution in [1.29, 1.82) is 0 Å². The van der Waals surface area contributed by atoms with Gasteiger partial charge in [-0.1, -0.05) is 36.4 Å².